The lowest BCUT2D eigenvalue weighted by molar-refractivity contribution is -0.145. The fraction of sp³-hybridized carbons (Fsp3) is 0.533. The van der Waals surface area contributed by atoms with Gasteiger partial charge in [0.1, 0.15) is 5.82 Å². The van der Waals surface area contributed by atoms with E-state index < -0.39 is 37.3 Å². The molecule has 2 atom stereocenters. The fourth-order valence-electron chi connectivity index (χ4n) is 6.20. The second kappa shape index (κ2) is 13.9. The molecule has 8 nitrogen and oxygen atoms in total. The van der Waals surface area contributed by atoms with E-state index in [4.69, 9.17) is 16.6 Å². The molecule has 2 fully saturated rings. The molecule has 2 unspecified atom stereocenters. The predicted octanol–water partition coefficient (Wildman–Crippen LogP) is 5.52. The van der Waals surface area contributed by atoms with E-state index in [0.717, 1.165) is 57.1 Å². The Labute approximate surface area is 257 Å². The molecule has 3 aromatic rings. The van der Waals surface area contributed by atoms with Crippen LogP contribution in [0.15, 0.2) is 36.7 Å². The largest absolute Gasteiger partial charge is 0.451 e. The number of aromatic nitrogens is 3. The SMILES string of the molecule is O=C(NCC(c1cnc(C(F)(F)F)nc1)N(CCCF)CCCF)c1c(Cl)ccc2nc(N3CCC4(CCCN4)C3)ccc12. The van der Waals surface area contributed by atoms with E-state index in [1.165, 1.54) is 0 Å². The number of nitrogens with zero attached hydrogens (tertiary/aromatic N) is 5. The number of fused-ring (bicyclic) bond motifs is 1. The summed E-state index contributed by atoms with van der Waals surface area (Å²) in [7, 11) is 0. The number of alkyl halides is 5. The number of nitrogens with one attached hydrogen (secondary N) is 2. The average molecular weight is 640 g/mol. The van der Waals surface area contributed by atoms with Crippen LogP contribution in [0.1, 0.15) is 59.9 Å². The third-order valence-corrected chi connectivity index (χ3v) is 8.72. The maximum atomic E-state index is 13.6. The van der Waals surface area contributed by atoms with Gasteiger partial charge >= 0.3 is 6.18 Å². The lowest BCUT2D eigenvalue weighted by Gasteiger charge is -2.32. The number of anilines is 1. The van der Waals surface area contributed by atoms with Crippen LogP contribution >= 0.6 is 11.6 Å². The molecule has 238 valence electrons. The standard InChI is InChI=1S/C30H35ClF5N7O/c31-22-5-6-23-21(4-7-25(41-23)43-15-9-29(19-43)8-1-12-40-29)26(22)27(44)37-18-24(42(13-2-10-32)14-3-11-33)20-16-38-28(39-17-20)30(34,35)36/h4-7,16-17,24,40H,1-3,8-15,18-19H2,(H,37,44). The number of pyridine rings is 1. The molecule has 1 aromatic carbocycles. The number of benzene rings is 1. The molecule has 2 aromatic heterocycles. The second-order valence-electron chi connectivity index (χ2n) is 11.3. The zero-order valence-corrected chi connectivity index (χ0v) is 24.9. The first-order valence-electron chi connectivity index (χ1n) is 14.8. The van der Waals surface area contributed by atoms with E-state index in [2.05, 4.69) is 25.5 Å². The first-order chi connectivity index (χ1) is 21.1. The van der Waals surface area contributed by atoms with Crippen molar-refractivity contribution in [3.63, 3.8) is 0 Å². The Morgan fingerprint density at radius 1 is 1.09 bits per heavy atom. The molecule has 0 aliphatic carbocycles. The van der Waals surface area contributed by atoms with Gasteiger partial charge in [-0.3, -0.25) is 18.5 Å². The zero-order valence-electron chi connectivity index (χ0n) is 24.1. The summed E-state index contributed by atoms with van der Waals surface area (Å²) in [4.78, 5) is 29.3. The summed E-state index contributed by atoms with van der Waals surface area (Å²) < 4.78 is 65.5. The Kier molecular flexibility index (Phi) is 10.2. The Hall–Kier alpha value is -3.16. The summed E-state index contributed by atoms with van der Waals surface area (Å²) in [5.74, 6) is -1.00. The highest BCUT2D eigenvalue weighted by atomic mass is 35.5. The number of rotatable bonds is 12. The van der Waals surface area contributed by atoms with Crippen molar-refractivity contribution < 1.29 is 26.7 Å². The molecule has 0 saturated carbocycles. The van der Waals surface area contributed by atoms with E-state index in [1.807, 2.05) is 12.1 Å². The third-order valence-electron chi connectivity index (χ3n) is 8.41. The maximum Gasteiger partial charge on any atom is 0.451 e. The van der Waals surface area contributed by atoms with E-state index in [-0.39, 0.29) is 54.2 Å². The lowest BCUT2D eigenvalue weighted by atomic mass is 9.97. The topological polar surface area (TPSA) is 86.3 Å². The molecular weight excluding hydrogens is 605 g/mol. The van der Waals surface area contributed by atoms with Crippen LogP contribution in [0.2, 0.25) is 5.02 Å². The van der Waals surface area contributed by atoms with Gasteiger partial charge in [-0.25, -0.2) is 15.0 Å². The fourth-order valence-corrected chi connectivity index (χ4v) is 6.45. The minimum atomic E-state index is -4.73. The Morgan fingerprint density at radius 3 is 2.45 bits per heavy atom. The van der Waals surface area contributed by atoms with Crippen LogP contribution in [0.3, 0.4) is 0 Å². The molecule has 2 aliphatic heterocycles. The molecule has 44 heavy (non-hydrogen) atoms. The van der Waals surface area contributed by atoms with Crippen molar-refractivity contribution in [1.29, 1.82) is 0 Å². The summed E-state index contributed by atoms with van der Waals surface area (Å²) in [6.45, 7) is 1.78. The van der Waals surface area contributed by atoms with Gasteiger partial charge in [-0.2, -0.15) is 13.2 Å². The summed E-state index contributed by atoms with van der Waals surface area (Å²) >= 11 is 6.51. The molecule has 5 rings (SSSR count). The molecule has 0 bridgehead atoms. The van der Waals surface area contributed by atoms with Gasteiger partial charge in [0, 0.05) is 61.6 Å². The van der Waals surface area contributed by atoms with Crippen LogP contribution < -0.4 is 15.5 Å². The lowest BCUT2D eigenvalue weighted by Crippen LogP contribution is -2.42. The first kappa shape index (κ1) is 32.2. The van der Waals surface area contributed by atoms with Crippen molar-refractivity contribution >= 4 is 34.2 Å². The van der Waals surface area contributed by atoms with E-state index in [9.17, 15) is 26.7 Å². The van der Waals surface area contributed by atoms with E-state index >= 15 is 0 Å². The average Bonchev–Trinajstić information content (AvgIpc) is 3.66. The van der Waals surface area contributed by atoms with Crippen molar-refractivity contribution in [3.8, 4) is 0 Å². The highest BCUT2D eigenvalue weighted by Crippen LogP contribution is 2.34. The normalized spacial score (nSPS) is 19.4. The van der Waals surface area contributed by atoms with Crippen molar-refractivity contribution in [1.82, 2.24) is 30.5 Å². The summed E-state index contributed by atoms with van der Waals surface area (Å²) in [5, 5.41) is 7.23. The van der Waals surface area contributed by atoms with Gasteiger partial charge in [0.05, 0.1) is 35.5 Å². The van der Waals surface area contributed by atoms with Gasteiger partial charge in [0.2, 0.25) is 5.82 Å². The predicted molar refractivity (Wildman–Crippen MR) is 158 cm³/mol. The van der Waals surface area contributed by atoms with Crippen molar-refractivity contribution in [2.75, 3.05) is 57.5 Å². The Morgan fingerprint density at radius 2 is 1.82 bits per heavy atom. The number of hydrogen-bond acceptors (Lipinski definition) is 7. The molecule has 0 radical (unpaired) electrons. The molecule has 2 N–H and O–H groups in total. The highest BCUT2D eigenvalue weighted by Gasteiger charge is 2.40. The maximum absolute atomic E-state index is 13.6. The monoisotopic (exact) mass is 639 g/mol. The molecular formula is C30H35ClF5N7O. The van der Waals surface area contributed by atoms with Gasteiger partial charge < -0.3 is 15.5 Å². The minimum Gasteiger partial charge on any atom is -0.355 e. The Bertz CT molecular complexity index is 1430. The summed E-state index contributed by atoms with van der Waals surface area (Å²) in [6.07, 6.45) is 0.911. The van der Waals surface area contributed by atoms with Gasteiger partial charge in [0.25, 0.3) is 5.91 Å². The van der Waals surface area contributed by atoms with E-state index in [1.54, 1.807) is 17.0 Å². The molecule has 14 heteroatoms. The van der Waals surface area contributed by atoms with Crippen LogP contribution in [0.25, 0.3) is 10.9 Å². The molecule has 1 amide bonds. The minimum absolute atomic E-state index is 0.0901. The van der Waals surface area contributed by atoms with E-state index in [0.29, 0.717) is 10.9 Å². The van der Waals surface area contributed by atoms with Crippen LogP contribution in [0.4, 0.5) is 27.8 Å². The molecule has 2 aliphatic rings. The van der Waals surface area contributed by atoms with Crippen molar-refractivity contribution in [2.24, 2.45) is 0 Å². The number of halogens is 6. The highest BCUT2D eigenvalue weighted by molar-refractivity contribution is 6.35. The molecule has 4 heterocycles. The third kappa shape index (κ3) is 7.21. The zero-order chi connectivity index (χ0) is 31.3. The first-order valence-corrected chi connectivity index (χ1v) is 15.1. The van der Waals surface area contributed by atoms with Crippen LogP contribution in [0.5, 0.6) is 0 Å². The molecule has 1 spiro atoms. The van der Waals surface area contributed by atoms with Crippen LogP contribution in [0, 0.1) is 0 Å². The number of carbonyl (C=O) groups excluding carboxylic acids is 1. The summed E-state index contributed by atoms with van der Waals surface area (Å²) in [6, 6.07) is 6.32. The smallest absolute Gasteiger partial charge is 0.355 e. The van der Waals surface area contributed by atoms with Crippen molar-refractivity contribution in [2.45, 2.75) is 49.9 Å². The summed E-state index contributed by atoms with van der Waals surface area (Å²) in [5.41, 5.74) is 1.20. The number of carbonyl (C=O) groups is 1. The quantitative estimate of drug-likeness (QED) is 0.253. The Balaban J connectivity index is 1.38. The van der Waals surface area contributed by atoms with Crippen LogP contribution in [-0.2, 0) is 6.18 Å². The number of hydrogen-bond donors (Lipinski definition) is 2. The van der Waals surface area contributed by atoms with Gasteiger partial charge in [0.15, 0.2) is 0 Å². The molecule has 2 saturated heterocycles. The van der Waals surface area contributed by atoms with Crippen molar-refractivity contribution in [3.05, 3.63) is 58.6 Å². The van der Waals surface area contributed by atoms with Gasteiger partial charge in [-0.1, -0.05) is 11.6 Å². The van der Waals surface area contributed by atoms with Gasteiger partial charge in [-0.15, -0.1) is 0 Å². The van der Waals surface area contributed by atoms with Gasteiger partial charge in [-0.05, 0) is 62.9 Å². The second-order valence-corrected chi connectivity index (χ2v) is 11.7. The number of amides is 1. The van der Waals surface area contributed by atoms with Crippen LogP contribution in [-0.4, -0.2) is 83.9 Å².